The third kappa shape index (κ3) is 3.86. The lowest BCUT2D eigenvalue weighted by atomic mass is 10.1. The molecular formula is C18H14N2O6. The average molecular weight is 354 g/mol. The van der Waals surface area contributed by atoms with Crippen molar-refractivity contribution in [2.45, 2.75) is 6.61 Å². The monoisotopic (exact) mass is 354 g/mol. The summed E-state index contributed by atoms with van der Waals surface area (Å²) in [6.07, 6.45) is 0. The number of ether oxygens (including phenoxy) is 2. The molecule has 0 atom stereocenters. The van der Waals surface area contributed by atoms with Gasteiger partial charge in [0.05, 0.1) is 17.6 Å². The summed E-state index contributed by atoms with van der Waals surface area (Å²) in [4.78, 5) is 22.2. The SMILES string of the molecule is COc1cccc(-c2cc(COC(=O)c3cccc([N+](=O)[O-])c3)no2)c1. The topological polar surface area (TPSA) is 105 Å². The number of nitrogens with zero attached hydrogens (tertiary/aromatic N) is 2. The number of aromatic nitrogens is 1. The van der Waals surface area contributed by atoms with Gasteiger partial charge in [0.2, 0.25) is 0 Å². The minimum Gasteiger partial charge on any atom is -0.497 e. The predicted molar refractivity (Wildman–Crippen MR) is 90.7 cm³/mol. The third-order valence-electron chi connectivity index (χ3n) is 3.56. The van der Waals surface area contributed by atoms with E-state index in [-0.39, 0.29) is 17.9 Å². The molecule has 2 aromatic carbocycles. The number of benzene rings is 2. The van der Waals surface area contributed by atoms with E-state index in [1.165, 1.54) is 18.2 Å². The molecule has 1 aromatic heterocycles. The smallest absolute Gasteiger partial charge is 0.338 e. The molecule has 26 heavy (non-hydrogen) atoms. The van der Waals surface area contributed by atoms with E-state index in [4.69, 9.17) is 14.0 Å². The largest absolute Gasteiger partial charge is 0.497 e. The Morgan fingerprint density at radius 2 is 2.00 bits per heavy atom. The van der Waals surface area contributed by atoms with Gasteiger partial charge in [-0.25, -0.2) is 4.79 Å². The summed E-state index contributed by atoms with van der Waals surface area (Å²) in [6.45, 7) is -0.116. The van der Waals surface area contributed by atoms with Crippen molar-refractivity contribution in [2.75, 3.05) is 7.11 Å². The minimum absolute atomic E-state index is 0.0933. The van der Waals surface area contributed by atoms with Gasteiger partial charge in [-0.15, -0.1) is 0 Å². The van der Waals surface area contributed by atoms with E-state index < -0.39 is 10.9 Å². The van der Waals surface area contributed by atoms with E-state index in [1.807, 2.05) is 18.2 Å². The Labute approximate surface area is 148 Å². The van der Waals surface area contributed by atoms with E-state index in [0.29, 0.717) is 17.2 Å². The van der Waals surface area contributed by atoms with Crippen LogP contribution in [-0.4, -0.2) is 23.2 Å². The van der Waals surface area contributed by atoms with E-state index in [9.17, 15) is 14.9 Å². The summed E-state index contributed by atoms with van der Waals surface area (Å²) in [5, 5.41) is 14.6. The van der Waals surface area contributed by atoms with Crippen LogP contribution in [0.5, 0.6) is 5.75 Å². The van der Waals surface area contributed by atoms with E-state index in [1.54, 1.807) is 19.2 Å². The Morgan fingerprint density at radius 1 is 1.19 bits per heavy atom. The number of carbonyl (C=O) groups excluding carboxylic acids is 1. The minimum atomic E-state index is -0.681. The first-order valence-corrected chi connectivity index (χ1v) is 7.58. The molecule has 3 rings (SSSR count). The zero-order valence-electron chi connectivity index (χ0n) is 13.7. The second-order valence-corrected chi connectivity index (χ2v) is 5.30. The molecule has 0 amide bonds. The first-order chi connectivity index (χ1) is 12.6. The average Bonchev–Trinajstić information content (AvgIpc) is 3.15. The standard InChI is InChI=1S/C18H14N2O6/c1-24-16-7-3-4-12(9-16)17-10-14(19-26-17)11-25-18(21)13-5-2-6-15(8-13)20(22)23/h2-10H,11H2,1H3. The van der Waals surface area contributed by atoms with Gasteiger partial charge in [0.25, 0.3) is 5.69 Å². The number of rotatable bonds is 6. The number of non-ortho nitro benzene ring substituents is 1. The zero-order chi connectivity index (χ0) is 18.5. The Balaban J connectivity index is 1.67. The van der Waals surface area contributed by atoms with Gasteiger partial charge in [-0.3, -0.25) is 10.1 Å². The molecule has 0 aliphatic rings. The Bertz CT molecular complexity index is 950. The van der Waals surface area contributed by atoms with Crippen LogP contribution in [0, 0.1) is 10.1 Å². The molecule has 8 nitrogen and oxygen atoms in total. The van der Waals surface area contributed by atoms with Gasteiger partial charge in [-0.1, -0.05) is 23.4 Å². The molecule has 0 bridgehead atoms. The Morgan fingerprint density at radius 3 is 2.77 bits per heavy atom. The first-order valence-electron chi connectivity index (χ1n) is 7.58. The molecule has 0 unspecified atom stereocenters. The fourth-order valence-corrected chi connectivity index (χ4v) is 2.26. The highest BCUT2D eigenvalue weighted by Gasteiger charge is 2.14. The Kier molecular flexibility index (Phi) is 4.93. The summed E-state index contributed by atoms with van der Waals surface area (Å²) in [6, 6.07) is 14.2. The van der Waals surface area contributed by atoms with Gasteiger partial charge in [0.1, 0.15) is 18.1 Å². The van der Waals surface area contributed by atoms with Crippen molar-refractivity contribution in [1.82, 2.24) is 5.16 Å². The van der Waals surface area contributed by atoms with Gasteiger partial charge in [0.15, 0.2) is 5.76 Å². The van der Waals surface area contributed by atoms with Crippen LogP contribution in [0.3, 0.4) is 0 Å². The molecule has 0 aliphatic heterocycles. The van der Waals surface area contributed by atoms with Crippen LogP contribution < -0.4 is 4.74 Å². The van der Waals surface area contributed by atoms with Gasteiger partial charge < -0.3 is 14.0 Å². The highest BCUT2D eigenvalue weighted by molar-refractivity contribution is 5.90. The van der Waals surface area contributed by atoms with Crippen LogP contribution in [0.1, 0.15) is 16.1 Å². The molecule has 132 valence electrons. The van der Waals surface area contributed by atoms with Crippen LogP contribution in [0.2, 0.25) is 0 Å². The van der Waals surface area contributed by atoms with Crippen molar-refractivity contribution in [3.8, 4) is 17.1 Å². The molecular weight excluding hydrogens is 340 g/mol. The van der Waals surface area contributed by atoms with Crippen molar-refractivity contribution in [3.63, 3.8) is 0 Å². The second-order valence-electron chi connectivity index (χ2n) is 5.30. The van der Waals surface area contributed by atoms with Crippen molar-refractivity contribution in [2.24, 2.45) is 0 Å². The predicted octanol–water partition coefficient (Wildman–Crippen LogP) is 3.62. The van der Waals surface area contributed by atoms with E-state index >= 15 is 0 Å². The van der Waals surface area contributed by atoms with Gasteiger partial charge >= 0.3 is 5.97 Å². The van der Waals surface area contributed by atoms with Crippen LogP contribution >= 0.6 is 0 Å². The molecule has 0 spiro atoms. The quantitative estimate of drug-likeness (QED) is 0.378. The molecule has 0 saturated heterocycles. The molecule has 0 saturated carbocycles. The fraction of sp³-hybridized carbons (Fsp3) is 0.111. The number of carbonyl (C=O) groups is 1. The fourth-order valence-electron chi connectivity index (χ4n) is 2.26. The number of esters is 1. The summed E-state index contributed by atoms with van der Waals surface area (Å²) < 4.78 is 15.5. The molecule has 1 heterocycles. The van der Waals surface area contributed by atoms with Crippen molar-refractivity contribution < 1.29 is 23.7 Å². The molecule has 8 heteroatoms. The van der Waals surface area contributed by atoms with Gasteiger partial charge in [-0.2, -0.15) is 0 Å². The number of methoxy groups -OCH3 is 1. The van der Waals surface area contributed by atoms with Crippen LogP contribution in [0.15, 0.2) is 59.1 Å². The summed E-state index contributed by atoms with van der Waals surface area (Å²) >= 11 is 0. The highest BCUT2D eigenvalue weighted by atomic mass is 16.6. The lowest BCUT2D eigenvalue weighted by Crippen LogP contribution is -2.05. The van der Waals surface area contributed by atoms with Crippen LogP contribution in [-0.2, 0) is 11.3 Å². The maximum Gasteiger partial charge on any atom is 0.338 e. The lowest BCUT2D eigenvalue weighted by Gasteiger charge is -2.02. The van der Waals surface area contributed by atoms with Crippen molar-refractivity contribution >= 4 is 11.7 Å². The van der Waals surface area contributed by atoms with E-state index in [2.05, 4.69) is 5.16 Å². The highest BCUT2D eigenvalue weighted by Crippen LogP contribution is 2.24. The lowest BCUT2D eigenvalue weighted by molar-refractivity contribution is -0.384. The molecule has 0 fully saturated rings. The molecule has 0 N–H and O–H groups in total. The number of nitro groups is 1. The first kappa shape index (κ1) is 17.2. The maximum absolute atomic E-state index is 12.0. The number of hydrogen-bond donors (Lipinski definition) is 0. The van der Waals surface area contributed by atoms with E-state index in [0.717, 1.165) is 11.6 Å². The summed E-state index contributed by atoms with van der Waals surface area (Å²) in [7, 11) is 1.57. The second kappa shape index (κ2) is 7.47. The van der Waals surface area contributed by atoms with Crippen LogP contribution in [0.25, 0.3) is 11.3 Å². The summed E-state index contributed by atoms with van der Waals surface area (Å²) in [5.74, 6) is 0.502. The molecule has 0 radical (unpaired) electrons. The zero-order valence-corrected chi connectivity index (χ0v) is 13.7. The summed E-state index contributed by atoms with van der Waals surface area (Å²) in [5.41, 5.74) is 1.10. The molecule has 3 aromatic rings. The number of nitro benzene ring substituents is 1. The number of hydrogen-bond acceptors (Lipinski definition) is 7. The maximum atomic E-state index is 12.0. The Hall–Kier alpha value is -3.68. The van der Waals surface area contributed by atoms with Crippen molar-refractivity contribution in [3.05, 3.63) is 76.0 Å². The van der Waals surface area contributed by atoms with Gasteiger partial charge in [-0.05, 0) is 18.2 Å². The van der Waals surface area contributed by atoms with Gasteiger partial charge in [0, 0.05) is 23.8 Å². The third-order valence-corrected chi connectivity index (χ3v) is 3.56. The van der Waals surface area contributed by atoms with Crippen molar-refractivity contribution in [1.29, 1.82) is 0 Å². The normalized spacial score (nSPS) is 10.3. The molecule has 0 aliphatic carbocycles. The van der Waals surface area contributed by atoms with Crippen LogP contribution in [0.4, 0.5) is 5.69 Å².